The van der Waals surface area contributed by atoms with E-state index in [2.05, 4.69) is 21.2 Å². The molecule has 3 aromatic carbocycles. The van der Waals surface area contributed by atoms with Crippen LogP contribution in [0.5, 0.6) is 0 Å². The first-order valence-electron chi connectivity index (χ1n) is 10.4. The van der Waals surface area contributed by atoms with E-state index in [1.807, 2.05) is 0 Å². The van der Waals surface area contributed by atoms with Crippen LogP contribution in [0.4, 0.5) is 5.69 Å². The molecule has 0 aromatic heterocycles. The van der Waals surface area contributed by atoms with Gasteiger partial charge in [0.15, 0.2) is 6.73 Å². The van der Waals surface area contributed by atoms with E-state index >= 15 is 0 Å². The molecule has 4 rings (SSSR count). The third kappa shape index (κ3) is 5.20. The molecule has 0 saturated heterocycles. The molecule has 1 N–H and O–H groups in total. The zero-order valence-electron chi connectivity index (χ0n) is 18.3. The Balaban J connectivity index is 1.58. The number of esters is 1. The average Bonchev–Trinajstić information content (AvgIpc) is 3.11. The minimum atomic E-state index is -1.05. The Morgan fingerprint density at radius 3 is 2.28 bits per heavy atom. The van der Waals surface area contributed by atoms with Crippen molar-refractivity contribution in [1.29, 1.82) is 0 Å². The molecule has 180 valence electrons. The summed E-state index contributed by atoms with van der Waals surface area (Å²) in [5.41, 5.74) is 0.273. The van der Waals surface area contributed by atoms with Crippen LogP contribution in [0.2, 0.25) is 0 Å². The molecule has 0 saturated carbocycles. The minimum Gasteiger partial charge on any atom is -0.439 e. The molecule has 0 aliphatic carbocycles. The first-order valence-corrected chi connectivity index (χ1v) is 11.2. The third-order valence-electron chi connectivity index (χ3n) is 5.15. The quantitative estimate of drug-likeness (QED) is 0.155. The first-order chi connectivity index (χ1) is 17.2. The van der Waals surface area contributed by atoms with Crippen LogP contribution < -0.4 is 5.32 Å². The van der Waals surface area contributed by atoms with Crippen LogP contribution >= 0.6 is 15.9 Å². The van der Waals surface area contributed by atoms with E-state index in [-0.39, 0.29) is 33.6 Å². The van der Waals surface area contributed by atoms with Gasteiger partial charge in [-0.15, -0.1) is 0 Å². The molecular weight excluding hydrogens is 534 g/mol. The molecular formula is C25H16BrN3O7. The van der Waals surface area contributed by atoms with Gasteiger partial charge in [0, 0.05) is 22.2 Å². The molecule has 0 bridgehead atoms. The van der Waals surface area contributed by atoms with Crippen molar-refractivity contribution in [1.82, 2.24) is 10.2 Å². The second-order valence-corrected chi connectivity index (χ2v) is 8.44. The van der Waals surface area contributed by atoms with Gasteiger partial charge >= 0.3 is 5.97 Å². The number of halogens is 1. The maximum Gasteiger partial charge on any atom is 0.356 e. The van der Waals surface area contributed by atoms with Crippen LogP contribution in [-0.4, -0.2) is 40.2 Å². The van der Waals surface area contributed by atoms with E-state index in [4.69, 9.17) is 4.74 Å². The fraction of sp³-hybridized carbons (Fsp3) is 0.0400. The molecule has 0 unspecified atom stereocenters. The normalized spacial score (nSPS) is 12.8. The summed E-state index contributed by atoms with van der Waals surface area (Å²) in [6.07, 6.45) is 1.20. The Bertz CT molecular complexity index is 1420. The van der Waals surface area contributed by atoms with Crippen molar-refractivity contribution in [3.63, 3.8) is 0 Å². The van der Waals surface area contributed by atoms with Gasteiger partial charge in [-0.3, -0.25) is 24.5 Å². The Morgan fingerprint density at radius 1 is 0.972 bits per heavy atom. The number of nitrogens with zero attached hydrogens (tertiary/aromatic N) is 2. The summed E-state index contributed by atoms with van der Waals surface area (Å²) in [7, 11) is 0. The lowest BCUT2D eigenvalue weighted by Crippen LogP contribution is -2.35. The highest BCUT2D eigenvalue weighted by Crippen LogP contribution is 2.22. The number of nitro groups is 1. The lowest BCUT2D eigenvalue weighted by molar-refractivity contribution is -0.384. The van der Waals surface area contributed by atoms with Crippen LogP contribution in [0, 0.1) is 10.1 Å². The van der Waals surface area contributed by atoms with Gasteiger partial charge in [-0.25, -0.2) is 9.69 Å². The molecule has 1 heterocycles. The summed E-state index contributed by atoms with van der Waals surface area (Å²) in [5.74, 6) is -2.94. The smallest absolute Gasteiger partial charge is 0.356 e. The van der Waals surface area contributed by atoms with Gasteiger partial charge in [0.05, 0.1) is 16.1 Å². The number of ether oxygens (including phenoxy) is 1. The summed E-state index contributed by atoms with van der Waals surface area (Å²) < 4.78 is 5.82. The van der Waals surface area contributed by atoms with E-state index in [9.17, 15) is 29.3 Å². The number of fused-ring (bicyclic) bond motifs is 1. The number of rotatable bonds is 7. The van der Waals surface area contributed by atoms with Gasteiger partial charge in [-0.05, 0) is 42.0 Å². The summed E-state index contributed by atoms with van der Waals surface area (Å²) in [4.78, 5) is 62.1. The number of carbonyl (C=O) groups is 4. The van der Waals surface area contributed by atoms with E-state index in [0.717, 1.165) is 4.90 Å². The highest BCUT2D eigenvalue weighted by Gasteiger charge is 2.36. The number of nitro benzene ring substituents is 1. The number of hydrogen-bond donors (Lipinski definition) is 1. The average molecular weight is 550 g/mol. The monoisotopic (exact) mass is 549 g/mol. The van der Waals surface area contributed by atoms with Crippen molar-refractivity contribution in [3.8, 4) is 0 Å². The molecule has 0 spiro atoms. The molecule has 1 aliphatic heterocycles. The van der Waals surface area contributed by atoms with Gasteiger partial charge < -0.3 is 10.1 Å². The topological polar surface area (TPSA) is 136 Å². The minimum absolute atomic E-state index is 0.189. The van der Waals surface area contributed by atoms with E-state index < -0.39 is 35.3 Å². The number of benzene rings is 3. The highest BCUT2D eigenvalue weighted by atomic mass is 79.9. The summed E-state index contributed by atoms with van der Waals surface area (Å²) in [6.45, 7) is -0.690. The van der Waals surface area contributed by atoms with Gasteiger partial charge in [0.25, 0.3) is 23.4 Å². The lowest BCUT2D eigenvalue weighted by atomic mass is 10.1. The number of hydrogen-bond acceptors (Lipinski definition) is 7. The molecule has 3 aromatic rings. The second-order valence-electron chi connectivity index (χ2n) is 7.52. The van der Waals surface area contributed by atoms with E-state index in [1.165, 1.54) is 54.6 Å². The highest BCUT2D eigenvalue weighted by molar-refractivity contribution is 9.10. The van der Waals surface area contributed by atoms with Crippen molar-refractivity contribution in [2.45, 2.75) is 0 Å². The van der Waals surface area contributed by atoms with Crippen LogP contribution in [0.1, 0.15) is 36.6 Å². The second kappa shape index (κ2) is 10.3. The summed E-state index contributed by atoms with van der Waals surface area (Å²) in [5, 5.41) is 13.6. The molecule has 36 heavy (non-hydrogen) atoms. The predicted octanol–water partition coefficient (Wildman–Crippen LogP) is 3.93. The summed E-state index contributed by atoms with van der Waals surface area (Å²) >= 11 is 3.27. The molecule has 0 fully saturated rings. The Hall–Kier alpha value is -4.64. The number of carbonyl (C=O) groups excluding carboxylic acids is 4. The first kappa shape index (κ1) is 24.5. The SMILES string of the molecule is O=C(OCN1C(=O)c2ccccc2C1=O)/C(=C/c1cccc([N+](=O)[O-])c1)NC(=O)c1cccc(Br)c1. The maximum atomic E-state index is 12.9. The predicted molar refractivity (Wildman–Crippen MR) is 131 cm³/mol. The van der Waals surface area contributed by atoms with Crippen molar-refractivity contribution in [2.24, 2.45) is 0 Å². The van der Waals surface area contributed by atoms with Crippen LogP contribution in [-0.2, 0) is 9.53 Å². The number of amides is 3. The molecule has 3 amide bonds. The maximum absolute atomic E-state index is 12.9. The molecule has 0 radical (unpaired) electrons. The van der Waals surface area contributed by atoms with E-state index in [0.29, 0.717) is 4.47 Å². The van der Waals surface area contributed by atoms with Gasteiger partial charge in [0.1, 0.15) is 5.70 Å². The molecule has 0 atom stereocenters. The van der Waals surface area contributed by atoms with Gasteiger partial charge in [-0.1, -0.05) is 46.3 Å². The van der Waals surface area contributed by atoms with Crippen molar-refractivity contribution in [3.05, 3.63) is 115 Å². The van der Waals surface area contributed by atoms with Crippen molar-refractivity contribution < 1.29 is 28.8 Å². The summed E-state index contributed by atoms with van der Waals surface area (Å²) in [6, 6.07) is 18.0. The largest absolute Gasteiger partial charge is 0.439 e. The van der Waals surface area contributed by atoms with Crippen molar-refractivity contribution >= 4 is 51.4 Å². The third-order valence-corrected chi connectivity index (χ3v) is 5.64. The lowest BCUT2D eigenvalue weighted by Gasteiger charge is -2.15. The van der Waals surface area contributed by atoms with Crippen LogP contribution in [0.3, 0.4) is 0 Å². The molecule has 1 aliphatic rings. The van der Waals surface area contributed by atoms with Gasteiger partial charge in [-0.2, -0.15) is 0 Å². The Kier molecular flexibility index (Phi) is 7.02. The zero-order valence-corrected chi connectivity index (χ0v) is 19.9. The Morgan fingerprint density at radius 2 is 1.64 bits per heavy atom. The fourth-order valence-electron chi connectivity index (χ4n) is 3.42. The van der Waals surface area contributed by atoms with Gasteiger partial charge in [0.2, 0.25) is 0 Å². The van der Waals surface area contributed by atoms with Crippen molar-refractivity contribution in [2.75, 3.05) is 6.73 Å². The number of nitrogens with one attached hydrogen (secondary N) is 1. The number of imide groups is 1. The van der Waals surface area contributed by atoms with E-state index in [1.54, 1.807) is 24.3 Å². The zero-order chi connectivity index (χ0) is 25.8. The van der Waals surface area contributed by atoms with Crippen LogP contribution in [0.25, 0.3) is 6.08 Å². The molecule has 10 nitrogen and oxygen atoms in total. The molecule has 11 heteroatoms. The Labute approximate surface area is 212 Å². The fourth-order valence-corrected chi connectivity index (χ4v) is 3.82. The van der Waals surface area contributed by atoms with Crippen LogP contribution in [0.15, 0.2) is 83.0 Å². The number of non-ortho nitro benzene ring substituents is 1. The standard InChI is InChI=1S/C25H16BrN3O7/c26-17-7-4-6-16(13-17)22(30)27-21(12-15-5-3-8-18(11-15)29(34)35)25(33)36-14-28-23(31)19-9-1-2-10-20(19)24(28)32/h1-13H,14H2,(H,27,30)/b21-12-.